The fourth-order valence-electron chi connectivity index (χ4n) is 1.84. The number of unbranched alkanes of at least 4 members (excludes halogenated alkanes) is 3. The van der Waals surface area contributed by atoms with Crippen LogP contribution in [0, 0.1) is 5.92 Å². The molecule has 0 amide bonds. The monoisotopic (exact) mass is 170 g/mol. The van der Waals surface area contributed by atoms with Gasteiger partial charge in [0.05, 0.1) is 6.10 Å². The van der Waals surface area contributed by atoms with Gasteiger partial charge in [-0.2, -0.15) is 0 Å². The van der Waals surface area contributed by atoms with Gasteiger partial charge in [0.15, 0.2) is 0 Å². The van der Waals surface area contributed by atoms with Crippen molar-refractivity contribution in [2.45, 2.75) is 64.4 Å². The summed E-state index contributed by atoms with van der Waals surface area (Å²) in [6, 6.07) is 0. The largest absolute Gasteiger partial charge is 0.393 e. The Labute approximate surface area is 76.2 Å². The van der Waals surface area contributed by atoms with E-state index in [0.717, 1.165) is 6.42 Å². The van der Waals surface area contributed by atoms with Crippen LogP contribution in [0.15, 0.2) is 0 Å². The Kier molecular flexibility index (Phi) is 4.67. The summed E-state index contributed by atoms with van der Waals surface area (Å²) >= 11 is 0. The molecule has 72 valence electrons. The topological polar surface area (TPSA) is 20.2 Å². The Morgan fingerprint density at radius 1 is 1.25 bits per heavy atom. The molecule has 0 aliphatic heterocycles. The van der Waals surface area contributed by atoms with E-state index in [-0.39, 0.29) is 6.10 Å². The Morgan fingerprint density at radius 2 is 2.00 bits per heavy atom. The molecule has 1 heteroatoms. The highest BCUT2D eigenvalue weighted by Gasteiger charge is 2.24. The van der Waals surface area contributed by atoms with Crippen molar-refractivity contribution in [3.05, 3.63) is 0 Å². The smallest absolute Gasteiger partial charge is 0.0568 e. The maximum absolute atomic E-state index is 9.67. The molecule has 12 heavy (non-hydrogen) atoms. The van der Waals surface area contributed by atoms with Gasteiger partial charge in [0.1, 0.15) is 0 Å². The Hall–Kier alpha value is -0.0400. The average molecular weight is 170 g/mol. The van der Waals surface area contributed by atoms with E-state index in [1.807, 2.05) is 0 Å². The van der Waals surface area contributed by atoms with E-state index < -0.39 is 0 Å². The zero-order valence-electron chi connectivity index (χ0n) is 8.26. The van der Waals surface area contributed by atoms with E-state index in [4.69, 9.17) is 0 Å². The molecule has 1 nitrogen and oxygen atoms in total. The molecule has 0 saturated heterocycles. The van der Waals surface area contributed by atoms with Gasteiger partial charge < -0.3 is 5.11 Å². The predicted molar refractivity (Wildman–Crippen MR) is 52.1 cm³/mol. The average Bonchev–Trinajstić information content (AvgIpc) is 1.95. The van der Waals surface area contributed by atoms with Crippen LogP contribution in [0.4, 0.5) is 0 Å². The summed E-state index contributed by atoms with van der Waals surface area (Å²) in [5, 5.41) is 9.67. The molecular weight excluding hydrogens is 148 g/mol. The van der Waals surface area contributed by atoms with E-state index >= 15 is 0 Å². The standard InChI is InChI=1S/C11H22O/c1-2-3-4-5-9-11(12)10-7-6-8-10/h10-12H,2-9H2,1H3. The second kappa shape index (κ2) is 5.58. The summed E-state index contributed by atoms with van der Waals surface area (Å²) in [5.41, 5.74) is 0. The van der Waals surface area contributed by atoms with E-state index in [9.17, 15) is 5.11 Å². The SMILES string of the molecule is CCCCCCC(O)C1CCC1. The van der Waals surface area contributed by atoms with Crippen LogP contribution in [0.25, 0.3) is 0 Å². The highest BCUT2D eigenvalue weighted by atomic mass is 16.3. The third kappa shape index (κ3) is 3.14. The second-order valence-corrected chi connectivity index (χ2v) is 4.11. The van der Waals surface area contributed by atoms with Gasteiger partial charge in [0.2, 0.25) is 0 Å². The van der Waals surface area contributed by atoms with E-state index in [2.05, 4.69) is 6.92 Å². The summed E-state index contributed by atoms with van der Waals surface area (Å²) in [5.74, 6) is 0.659. The van der Waals surface area contributed by atoms with Gasteiger partial charge in [-0.25, -0.2) is 0 Å². The first-order valence-electron chi connectivity index (χ1n) is 5.52. The van der Waals surface area contributed by atoms with Gasteiger partial charge in [-0.05, 0) is 25.2 Å². The number of hydrogen-bond acceptors (Lipinski definition) is 1. The first kappa shape index (κ1) is 10.0. The molecule has 1 rings (SSSR count). The maximum Gasteiger partial charge on any atom is 0.0568 e. The van der Waals surface area contributed by atoms with Crippen LogP contribution in [0.1, 0.15) is 58.3 Å². The van der Waals surface area contributed by atoms with Crippen molar-refractivity contribution in [3.63, 3.8) is 0 Å². The minimum absolute atomic E-state index is 0.0237. The quantitative estimate of drug-likeness (QED) is 0.607. The molecule has 0 heterocycles. The van der Waals surface area contributed by atoms with Gasteiger partial charge in [0.25, 0.3) is 0 Å². The van der Waals surface area contributed by atoms with Crippen LogP contribution in [0.3, 0.4) is 0 Å². The molecule has 0 spiro atoms. The zero-order chi connectivity index (χ0) is 8.81. The third-order valence-electron chi connectivity index (χ3n) is 3.05. The van der Waals surface area contributed by atoms with Crippen molar-refractivity contribution in [3.8, 4) is 0 Å². The van der Waals surface area contributed by atoms with E-state index in [1.165, 1.54) is 44.9 Å². The van der Waals surface area contributed by atoms with Gasteiger partial charge in [-0.15, -0.1) is 0 Å². The number of aliphatic hydroxyl groups excluding tert-OH is 1. The lowest BCUT2D eigenvalue weighted by Crippen LogP contribution is -2.26. The minimum atomic E-state index is 0.0237. The highest BCUT2D eigenvalue weighted by molar-refractivity contribution is 4.76. The lowest BCUT2D eigenvalue weighted by molar-refractivity contribution is 0.0536. The van der Waals surface area contributed by atoms with Crippen molar-refractivity contribution < 1.29 is 5.11 Å². The van der Waals surface area contributed by atoms with Crippen LogP contribution < -0.4 is 0 Å². The zero-order valence-corrected chi connectivity index (χ0v) is 8.26. The normalized spacial score (nSPS) is 20.5. The van der Waals surface area contributed by atoms with Crippen molar-refractivity contribution in [2.75, 3.05) is 0 Å². The Balaban J connectivity index is 1.91. The fraction of sp³-hybridized carbons (Fsp3) is 1.00. The summed E-state index contributed by atoms with van der Waals surface area (Å²) in [4.78, 5) is 0. The van der Waals surface area contributed by atoms with Crippen molar-refractivity contribution in [1.29, 1.82) is 0 Å². The summed E-state index contributed by atoms with van der Waals surface area (Å²) in [7, 11) is 0. The van der Waals surface area contributed by atoms with Crippen LogP contribution in [-0.2, 0) is 0 Å². The maximum atomic E-state index is 9.67. The molecule has 1 aliphatic rings. The lowest BCUT2D eigenvalue weighted by atomic mass is 9.79. The Bertz CT molecular complexity index is 108. The molecule has 1 fully saturated rings. The fourth-order valence-corrected chi connectivity index (χ4v) is 1.84. The first-order valence-corrected chi connectivity index (χ1v) is 5.52. The van der Waals surface area contributed by atoms with Crippen molar-refractivity contribution in [2.24, 2.45) is 5.92 Å². The lowest BCUT2D eigenvalue weighted by Gasteiger charge is -2.30. The molecule has 0 bridgehead atoms. The second-order valence-electron chi connectivity index (χ2n) is 4.11. The summed E-state index contributed by atoms with van der Waals surface area (Å²) in [6.07, 6.45) is 10.1. The van der Waals surface area contributed by atoms with Crippen LogP contribution in [0.5, 0.6) is 0 Å². The van der Waals surface area contributed by atoms with E-state index in [1.54, 1.807) is 0 Å². The predicted octanol–water partition coefficient (Wildman–Crippen LogP) is 3.12. The molecule has 0 aromatic rings. The third-order valence-corrected chi connectivity index (χ3v) is 3.05. The Morgan fingerprint density at radius 3 is 2.50 bits per heavy atom. The number of rotatable bonds is 6. The summed E-state index contributed by atoms with van der Waals surface area (Å²) in [6.45, 7) is 2.22. The molecule has 1 unspecified atom stereocenters. The van der Waals surface area contributed by atoms with Crippen molar-refractivity contribution in [1.82, 2.24) is 0 Å². The van der Waals surface area contributed by atoms with E-state index in [0.29, 0.717) is 5.92 Å². The number of aliphatic hydroxyl groups is 1. The molecule has 0 aromatic carbocycles. The molecule has 1 N–H and O–H groups in total. The molecule has 1 aliphatic carbocycles. The van der Waals surface area contributed by atoms with Gasteiger partial charge in [-0.1, -0.05) is 39.0 Å². The molecule has 1 atom stereocenters. The van der Waals surface area contributed by atoms with Gasteiger partial charge in [-0.3, -0.25) is 0 Å². The molecule has 0 radical (unpaired) electrons. The van der Waals surface area contributed by atoms with Crippen LogP contribution in [0.2, 0.25) is 0 Å². The van der Waals surface area contributed by atoms with Crippen LogP contribution >= 0.6 is 0 Å². The summed E-state index contributed by atoms with van der Waals surface area (Å²) < 4.78 is 0. The highest BCUT2D eigenvalue weighted by Crippen LogP contribution is 2.31. The molecule has 1 saturated carbocycles. The molecular formula is C11H22O. The van der Waals surface area contributed by atoms with Gasteiger partial charge in [0, 0.05) is 0 Å². The number of hydrogen-bond donors (Lipinski definition) is 1. The minimum Gasteiger partial charge on any atom is -0.393 e. The van der Waals surface area contributed by atoms with Gasteiger partial charge >= 0.3 is 0 Å². The molecule has 0 aromatic heterocycles. The first-order chi connectivity index (χ1) is 5.84. The van der Waals surface area contributed by atoms with Crippen molar-refractivity contribution >= 4 is 0 Å². The van der Waals surface area contributed by atoms with Crippen LogP contribution in [-0.4, -0.2) is 11.2 Å².